The van der Waals surface area contributed by atoms with Crippen LogP contribution in [-0.2, 0) is 0 Å². The largest absolute Gasteiger partial charge is 0.365 e. The molecule has 1 saturated heterocycles. The number of halogens is 2. The van der Waals surface area contributed by atoms with Crippen LogP contribution in [0.25, 0.3) is 0 Å². The third kappa shape index (κ3) is 3.19. The molecule has 0 bridgehead atoms. The number of amides is 1. The number of aromatic amines is 1. The predicted molar refractivity (Wildman–Crippen MR) is 84.4 cm³/mol. The number of piperazine rings is 1. The van der Waals surface area contributed by atoms with Crippen molar-refractivity contribution in [1.29, 1.82) is 0 Å². The number of carbonyl (C=O) groups is 1. The first-order valence-electron chi connectivity index (χ1n) is 7.09. The second kappa shape index (κ2) is 6.37. The highest BCUT2D eigenvalue weighted by Crippen LogP contribution is 2.22. The van der Waals surface area contributed by atoms with Crippen LogP contribution in [0.2, 0.25) is 5.02 Å². The minimum absolute atomic E-state index is 0.0957. The summed E-state index contributed by atoms with van der Waals surface area (Å²) in [6.07, 6.45) is 1.50. The van der Waals surface area contributed by atoms with E-state index in [-0.39, 0.29) is 16.7 Å². The molecule has 1 aromatic heterocycles. The van der Waals surface area contributed by atoms with Crippen molar-refractivity contribution in [2.75, 3.05) is 31.1 Å². The van der Waals surface area contributed by atoms with Gasteiger partial charge in [-0.1, -0.05) is 11.6 Å². The van der Waals surface area contributed by atoms with Crippen LogP contribution in [0.5, 0.6) is 0 Å². The Morgan fingerprint density at radius 1 is 1.17 bits per heavy atom. The molecule has 0 saturated carbocycles. The Hall–Kier alpha value is -2.41. The molecule has 2 heterocycles. The maximum atomic E-state index is 12.9. The van der Waals surface area contributed by atoms with Gasteiger partial charge in [0.15, 0.2) is 0 Å². The average Bonchev–Trinajstić information content (AvgIpc) is 2.58. The van der Waals surface area contributed by atoms with E-state index < -0.39 is 5.56 Å². The van der Waals surface area contributed by atoms with E-state index in [1.807, 2.05) is 4.90 Å². The number of carbonyl (C=O) groups excluding carboxylic acids is 1. The third-order valence-electron chi connectivity index (χ3n) is 3.78. The topological polar surface area (TPSA) is 69.3 Å². The van der Waals surface area contributed by atoms with Gasteiger partial charge >= 0.3 is 0 Å². The molecule has 8 heteroatoms. The van der Waals surface area contributed by atoms with Gasteiger partial charge in [-0.25, -0.2) is 9.49 Å². The molecule has 3 rings (SSSR count). The highest BCUT2D eigenvalue weighted by atomic mass is 35.5. The lowest BCUT2D eigenvalue weighted by atomic mass is 10.1. The zero-order valence-corrected chi connectivity index (χ0v) is 12.9. The number of hydrogen-bond donors (Lipinski definition) is 1. The maximum absolute atomic E-state index is 12.9. The van der Waals surface area contributed by atoms with Gasteiger partial charge in [-0.2, -0.15) is 5.10 Å². The highest BCUT2D eigenvalue weighted by Gasteiger charge is 2.24. The van der Waals surface area contributed by atoms with Gasteiger partial charge in [0.2, 0.25) is 0 Å². The fourth-order valence-electron chi connectivity index (χ4n) is 2.52. The first-order chi connectivity index (χ1) is 11.1. The molecule has 1 fully saturated rings. The van der Waals surface area contributed by atoms with Gasteiger partial charge in [0.25, 0.3) is 11.5 Å². The van der Waals surface area contributed by atoms with Crippen LogP contribution in [0.3, 0.4) is 0 Å². The number of nitrogens with one attached hydrogen (secondary N) is 1. The summed E-state index contributed by atoms with van der Waals surface area (Å²) >= 11 is 5.99. The van der Waals surface area contributed by atoms with Gasteiger partial charge in [0, 0.05) is 31.7 Å². The number of anilines is 1. The maximum Gasteiger partial charge on any atom is 0.285 e. The molecule has 1 N–H and O–H groups in total. The number of rotatable bonds is 2. The first kappa shape index (κ1) is 15.5. The number of aromatic nitrogens is 2. The second-order valence-corrected chi connectivity index (χ2v) is 5.56. The van der Waals surface area contributed by atoms with Crippen LogP contribution in [0, 0.1) is 5.82 Å². The first-order valence-corrected chi connectivity index (χ1v) is 7.47. The molecule has 1 aromatic carbocycles. The van der Waals surface area contributed by atoms with Crippen molar-refractivity contribution < 1.29 is 9.18 Å². The molecule has 1 aliphatic rings. The fraction of sp³-hybridized carbons (Fsp3) is 0.267. The zero-order valence-electron chi connectivity index (χ0n) is 12.1. The van der Waals surface area contributed by atoms with E-state index in [0.717, 1.165) is 0 Å². The van der Waals surface area contributed by atoms with Crippen LogP contribution in [0.1, 0.15) is 10.4 Å². The highest BCUT2D eigenvalue weighted by molar-refractivity contribution is 6.33. The van der Waals surface area contributed by atoms with E-state index in [0.29, 0.717) is 37.4 Å². The van der Waals surface area contributed by atoms with Gasteiger partial charge in [-0.05, 0) is 24.3 Å². The van der Waals surface area contributed by atoms with Gasteiger partial charge < -0.3 is 9.80 Å². The van der Waals surface area contributed by atoms with Crippen molar-refractivity contribution in [3.8, 4) is 0 Å². The van der Waals surface area contributed by atoms with E-state index in [1.165, 1.54) is 30.5 Å². The lowest BCUT2D eigenvalue weighted by molar-refractivity contribution is 0.0746. The van der Waals surface area contributed by atoms with Gasteiger partial charge in [-0.15, -0.1) is 0 Å². The molecule has 0 spiro atoms. The summed E-state index contributed by atoms with van der Waals surface area (Å²) < 4.78 is 12.9. The zero-order chi connectivity index (χ0) is 16.4. The molecule has 0 radical (unpaired) electrons. The SMILES string of the molecule is O=C(c1ccc(F)cc1)N1CCN(c2cn[nH]c(=O)c2Cl)CC1. The molecule has 0 unspecified atom stereocenters. The molecule has 6 nitrogen and oxygen atoms in total. The molecule has 23 heavy (non-hydrogen) atoms. The Morgan fingerprint density at radius 2 is 1.83 bits per heavy atom. The van der Waals surface area contributed by atoms with Gasteiger partial charge in [-0.3, -0.25) is 9.59 Å². The number of hydrogen-bond acceptors (Lipinski definition) is 4. The van der Waals surface area contributed by atoms with E-state index >= 15 is 0 Å². The lowest BCUT2D eigenvalue weighted by Crippen LogP contribution is -2.49. The average molecular weight is 337 g/mol. The summed E-state index contributed by atoms with van der Waals surface area (Å²) in [6, 6.07) is 5.49. The molecule has 120 valence electrons. The number of benzene rings is 1. The molecular formula is C15H14ClFN4O2. The minimum atomic E-state index is -0.436. The summed E-state index contributed by atoms with van der Waals surface area (Å²) in [5, 5.41) is 6.12. The summed E-state index contributed by atoms with van der Waals surface area (Å²) in [7, 11) is 0. The van der Waals surface area contributed by atoms with Gasteiger partial charge in [0.05, 0.1) is 11.9 Å². The third-order valence-corrected chi connectivity index (χ3v) is 4.14. The number of nitrogens with zero attached hydrogens (tertiary/aromatic N) is 3. The molecule has 0 aliphatic carbocycles. The Bertz CT molecular complexity index is 770. The van der Waals surface area contributed by atoms with Crippen molar-refractivity contribution in [1.82, 2.24) is 15.1 Å². The van der Waals surface area contributed by atoms with E-state index in [4.69, 9.17) is 11.6 Å². The quantitative estimate of drug-likeness (QED) is 0.903. The number of H-pyrrole nitrogens is 1. The summed E-state index contributed by atoms with van der Waals surface area (Å²) in [4.78, 5) is 27.5. The molecule has 2 aromatic rings. The van der Waals surface area contributed by atoms with Gasteiger partial charge in [0.1, 0.15) is 10.8 Å². The molecular weight excluding hydrogens is 323 g/mol. The van der Waals surface area contributed by atoms with E-state index in [1.54, 1.807) is 4.90 Å². The Balaban J connectivity index is 1.68. The summed E-state index contributed by atoms with van der Waals surface area (Å²) in [5.41, 5.74) is 0.578. The van der Waals surface area contributed by atoms with Crippen LogP contribution in [0.4, 0.5) is 10.1 Å². The Morgan fingerprint density at radius 3 is 2.48 bits per heavy atom. The van der Waals surface area contributed by atoms with Crippen molar-refractivity contribution >= 4 is 23.2 Å². The minimum Gasteiger partial charge on any atom is -0.365 e. The second-order valence-electron chi connectivity index (χ2n) is 5.18. The molecule has 1 aliphatic heterocycles. The summed E-state index contributed by atoms with van der Waals surface area (Å²) in [5.74, 6) is -0.511. The smallest absolute Gasteiger partial charge is 0.285 e. The van der Waals surface area contributed by atoms with Crippen LogP contribution in [-0.4, -0.2) is 47.2 Å². The van der Waals surface area contributed by atoms with Crippen molar-refractivity contribution in [2.45, 2.75) is 0 Å². The molecule has 0 atom stereocenters. The van der Waals surface area contributed by atoms with Crippen LogP contribution < -0.4 is 10.5 Å². The van der Waals surface area contributed by atoms with E-state index in [9.17, 15) is 14.0 Å². The normalized spacial score (nSPS) is 14.9. The monoisotopic (exact) mass is 336 g/mol. The Kier molecular flexibility index (Phi) is 4.29. The standard InChI is InChI=1S/C15H14ClFN4O2/c16-13-12(9-18-19-14(13)22)20-5-7-21(8-6-20)15(23)10-1-3-11(17)4-2-10/h1-4,9H,5-8H2,(H,19,22). The van der Waals surface area contributed by atoms with Crippen molar-refractivity contribution in [3.63, 3.8) is 0 Å². The lowest BCUT2D eigenvalue weighted by Gasteiger charge is -2.36. The van der Waals surface area contributed by atoms with Crippen LogP contribution >= 0.6 is 11.6 Å². The predicted octanol–water partition coefficient (Wildman–Crippen LogP) is 1.52. The fourth-order valence-corrected chi connectivity index (χ4v) is 2.73. The van der Waals surface area contributed by atoms with Crippen molar-refractivity contribution in [2.24, 2.45) is 0 Å². The van der Waals surface area contributed by atoms with Crippen molar-refractivity contribution in [3.05, 3.63) is 57.2 Å². The Labute approximate surface area is 136 Å². The summed E-state index contributed by atoms with van der Waals surface area (Å²) in [6.45, 7) is 2.05. The molecule has 1 amide bonds. The van der Waals surface area contributed by atoms with E-state index in [2.05, 4.69) is 10.2 Å². The van der Waals surface area contributed by atoms with Crippen LogP contribution in [0.15, 0.2) is 35.3 Å².